The average molecular weight is 255 g/mol. The highest BCUT2D eigenvalue weighted by molar-refractivity contribution is 5.73. The molecule has 0 radical (unpaired) electrons. The third-order valence-electron chi connectivity index (χ3n) is 3.78. The van der Waals surface area contributed by atoms with Crippen LogP contribution < -0.4 is 10.6 Å². The van der Waals surface area contributed by atoms with Crippen molar-refractivity contribution < 1.29 is 4.79 Å². The number of nitrogens with one attached hydrogen (secondary N) is 2. The molecule has 4 nitrogen and oxygen atoms in total. The molecule has 2 aliphatic rings. The molecule has 0 spiro atoms. The number of hydrogen-bond donors (Lipinski definition) is 2. The highest BCUT2D eigenvalue weighted by Gasteiger charge is 2.11. The van der Waals surface area contributed by atoms with E-state index in [1.165, 1.54) is 38.6 Å². The Kier molecular flexibility index (Phi) is 8.01. The number of amides is 1. The average Bonchev–Trinajstić information content (AvgIpc) is 2.42. The number of carbonyl (C=O) groups is 1. The molecular weight excluding hydrogens is 226 g/mol. The maximum atomic E-state index is 10.7. The largest absolute Gasteiger partial charge is 0.340 e. The van der Waals surface area contributed by atoms with E-state index in [4.69, 9.17) is 0 Å². The number of rotatable bonds is 2. The lowest BCUT2D eigenvalue weighted by Crippen LogP contribution is -2.45. The molecule has 1 aliphatic heterocycles. The van der Waals surface area contributed by atoms with Crippen LogP contribution in [0.25, 0.3) is 0 Å². The first-order valence-electron chi connectivity index (χ1n) is 7.35. The van der Waals surface area contributed by atoms with Gasteiger partial charge < -0.3 is 15.5 Å². The molecular formula is C14H29N3O. The van der Waals surface area contributed by atoms with E-state index in [2.05, 4.69) is 17.7 Å². The van der Waals surface area contributed by atoms with Gasteiger partial charge in [-0.1, -0.05) is 19.3 Å². The minimum Gasteiger partial charge on any atom is -0.340 e. The van der Waals surface area contributed by atoms with Crippen molar-refractivity contribution in [2.75, 3.05) is 39.8 Å². The SMILES string of the molecule is CC(=O)N1CCNCC1.CNCC1CCCCC1. The standard InChI is InChI=1S/C8H17N.C6H12N2O/c1-9-7-8-5-3-2-4-6-8;1-6(9)8-4-2-7-3-5-8/h8-9H,2-7H2,1H3;7H,2-5H2,1H3. The molecule has 0 aromatic heterocycles. The summed E-state index contributed by atoms with van der Waals surface area (Å²) in [6.45, 7) is 6.48. The van der Waals surface area contributed by atoms with Crippen LogP contribution in [0.1, 0.15) is 39.0 Å². The second-order valence-electron chi connectivity index (χ2n) is 5.32. The van der Waals surface area contributed by atoms with Gasteiger partial charge >= 0.3 is 0 Å². The molecule has 0 aromatic carbocycles. The van der Waals surface area contributed by atoms with Crippen LogP contribution >= 0.6 is 0 Å². The Labute approximate surface area is 111 Å². The van der Waals surface area contributed by atoms with Crippen molar-refractivity contribution in [2.24, 2.45) is 5.92 Å². The van der Waals surface area contributed by atoms with Crippen molar-refractivity contribution in [3.05, 3.63) is 0 Å². The van der Waals surface area contributed by atoms with Crippen LogP contribution in [0.5, 0.6) is 0 Å². The predicted octanol–water partition coefficient (Wildman–Crippen LogP) is 1.22. The summed E-state index contributed by atoms with van der Waals surface area (Å²) in [6.07, 6.45) is 7.32. The Morgan fingerprint density at radius 1 is 1.22 bits per heavy atom. The minimum atomic E-state index is 0.191. The maximum absolute atomic E-state index is 10.7. The molecule has 0 atom stereocenters. The van der Waals surface area contributed by atoms with Crippen molar-refractivity contribution in [2.45, 2.75) is 39.0 Å². The summed E-state index contributed by atoms with van der Waals surface area (Å²) in [7, 11) is 2.05. The Bertz CT molecular complexity index is 218. The van der Waals surface area contributed by atoms with E-state index in [1.54, 1.807) is 6.92 Å². The van der Waals surface area contributed by atoms with Gasteiger partial charge in [0.1, 0.15) is 0 Å². The fraction of sp³-hybridized carbons (Fsp3) is 0.929. The summed E-state index contributed by atoms with van der Waals surface area (Å²) in [5.41, 5.74) is 0. The molecule has 2 rings (SSSR count). The van der Waals surface area contributed by atoms with Crippen LogP contribution in [0, 0.1) is 5.92 Å². The van der Waals surface area contributed by atoms with Crippen molar-refractivity contribution >= 4 is 5.91 Å². The first kappa shape index (κ1) is 15.4. The Hall–Kier alpha value is -0.610. The molecule has 2 N–H and O–H groups in total. The zero-order chi connectivity index (χ0) is 13.2. The van der Waals surface area contributed by atoms with Crippen LogP contribution in [0.15, 0.2) is 0 Å². The Balaban J connectivity index is 0.000000180. The minimum absolute atomic E-state index is 0.191. The van der Waals surface area contributed by atoms with E-state index in [0.717, 1.165) is 32.1 Å². The molecule has 18 heavy (non-hydrogen) atoms. The third kappa shape index (κ3) is 6.36. The van der Waals surface area contributed by atoms with Gasteiger partial charge in [-0.3, -0.25) is 4.79 Å². The molecule has 0 unspecified atom stereocenters. The van der Waals surface area contributed by atoms with E-state index in [9.17, 15) is 4.79 Å². The molecule has 0 bridgehead atoms. The zero-order valence-corrected chi connectivity index (χ0v) is 12.0. The van der Waals surface area contributed by atoms with Gasteiger partial charge in [0.15, 0.2) is 0 Å². The summed E-state index contributed by atoms with van der Waals surface area (Å²) in [4.78, 5) is 12.6. The smallest absolute Gasteiger partial charge is 0.219 e. The monoisotopic (exact) mass is 255 g/mol. The van der Waals surface area contributed by atoms with Crippen molar-refractivity contribution in [3.63, 3.8) is 0 Å². The van der Waals surface area contributed by atoms with Gasteiger partial charge in [0.2, 0.25) is 5.91 Å². The summed E-state index contributed by atoms with van der Waals surface area (Å²) in [5, 5.41) is 6.41. The number of carbonyl (C=O) groups excluding carboxylic acids is 1. The van der Waals surface area contributed by atoms with Gasteiger partial charge in [-0.2, -0.15) is 0 Å². The Morgan fingerprint density at radius 2 is 1.83 bits per heavy atom. The lowest BCUT2D eigenvalue weighted by molar-refractivity contribution is -0.129. The van der Waals surface area contributed by atoms with Gasteiger partial charge in [0, 0.05) is 33.1 Å². The molecule has 2 fully saturated rings. The van der Waals surface area contributed by atoms with E-state index in [0.29, 0.717) is 0 Å². The number of nitrogens with zero attached hydrogens (tertiary/aromatic N) is 1. The molecule has 4 heteroatoms. The second kappa shape index (κ2) is 9.34. The normalized spacial score (nSPS) is 21.1. The van der Waals surface area contributed by atoms with Crippen molar-refractivity contribution in [1.82, 2.24) is 15.5 Å². The quantitative estimate of drug-likeness (QED) is 0.780. The van der Waals surface area contributed by atoms with E-state index < -0.39 is 0 Å². The Morgan fingerprint density at radius 3 is 2.28 bits per heavy atom. The van der Waals surface area contributed by atoms with Crippen molar-refractivity contribution in [1.29, 1.82) is 0 Å². The van der Waals surface area contributed by atoms with Gasteiger partial charge in [-0.05, 0) is 32.4 Å². The topological polar surface area (TPSA) is 44.4 Å². The number of piperazine rings is 1. The summed E-state index contributed by atoms with van der Waals surface area (Å²) in [5.74, 6) is 1.18. The molecule has 106 valence electrons. The lowest BCUT2D eigenvalue weighted by atomic mass is 9.89. The molecule has 1 saturated carbocycles. The summed E-state index contributed by atoms with van der Waals surface area (Å²) < 4.78 is 0. The van der Waals surface area contributed by atoms with Crippen LogP contribution in [0.2, 0.25) is 0 Å². The second-order valence-corrected chi connectivity index (χ2v) is 5.32. The van der Waals surface area contributed by atoms with Crippen LogP contribution in [0.4, 0.5) is 0 Å². The summed E-state index contributed by atoms with van der Waals surface area (Å²) in [6, 6.07) is 0. The third-order valence-corrected chi connectivity index (χ3v) is 3.78. The summed E-state index contributed by atoms with van der Waals surface area (Å²) >= 11 is 0. The number of hydrogen-bond acceptors (Lipinski definition) is 3. The van der Waals surface area contributed by atoms with Gasteiger partial charge in [0.25, 0.3) is 0 Å². The first-order chi connectivity index (χ1) is 8.74. The predicted molar refractivity (Wildman–Crippen MR) is 75.6 cm³/mol. The van der Waals surface area contributed by atoms with Gasteiger partial charge in [0.05, 0.1) is 0 Å². The van der Waals surface area contributed by atoms with Gasteiger partial charge in [-0.15, -0.1) is 0 Å². The lowest BCUT2D eigenvalue weighted by Gasteiger charge is -2.25. The van der Waals surface area contributed by atoms with Crippen LogP contribution in [-0.2, 0) is 4.79 Å². The van der Waals surface area contributed by atoms with Crippen LogP contribution in [0.3, 0.4) is 0 Å². The van der Waals surface area contributed by atoms with Crippen molar-refractivity contribution in [3.8, 4) is 0 Å². The van der Waals surface area contributed by atoms with Crippen LogP contribution in [-0.4, -0.2) is 50.6 Å². The van der Waals surface area contributed by atoms with E-state index >= 15 is 0 Å². The maximum Gasteiger partial charge on any atom is 0.219 e. The fourth-order valence-corrected chi connectivity index (χ4v) is 2.66. The first-order valence-corrected chi connectivity index (χ1v) is 7.35. The van der Waals surface area contributed by atoms with E-state index in [-0.39, 0.29) is 5.91 Å². The van der Waals surface area contributed by atoms with Gasteiger partial charge in [-0.25, -0.2) is 0 Å². The molecule has 0 aromatic rings. The molecule has 1 aliphatic carbocycles. The fourth-order valence-electron chi connectivity index (χ4n) is 2.66. The molecule has 1 saturated heterocycles. The highest BCUT2D eigenvalue weighted by atomic mass is 16.2. The zero-order valence-electron chi connectivity index (χ0n) is 12.0. The molecule has 1 heterocycles. The molecule has 1 amide bonds. The highest BCUT2D eigenvalue weighted by Crippen LogP contribution is 2.22. The van der Waals surface area contributed by atoms with E-state index in [1.807, 2.05) is 4.90 Å².